The molecule has 0 saturated carbocycles. The van der Waals surface area contributed by atoms with E-state index in [-0.39, 0.29) is 6.04 Å². The molecule has 0 saturated heterocycles. The Bertz CT molecular complexity index is 336. The molecule has 0 spiro atoms. The van der Waals surface area contributed by atoms with Crippen LogP contribution in [-0.2, 0) is 9.47 Å². The summed E-state index contributed by atoms with van der Waals surface area (Å²) in [5.74, 6) is 0.126. The predicted molar refractivity (Wildman–Crippen MR) is 64.8 cm³/mol. The van der Waals surface area contributed by atoms with E-state index in [1.807, 2.05) is 11.8 Å². The van der Waals surface area contributed by atoms with Crippen molar-refractivity contribution in [1.82, 2.24) is 4.98 Å². The Morgan fingerprint density at radius 3 is 2.71 bits per heavy atom. The van der Waals surface area contributed by atoms with E-state index in [4.69, 9.17) is 9.47 Å². The summed E-state index contributed by atoms with van der Waals surface area (Å²) in [6.07, 6.45) is 0. The van der Waals surface area contributed by atoms with Crippen molar-refractivity contribution in [3.63, 3.8) is 0 Å². The zero-order valence-corrected chi connectivity index (χ0v) is 10.5. The molecule has 0 aliphatic rings. The Kier molecular flexibility index (Phi) is 5.86. The van der Waals surface area contributed by atoms with Crippen molar-refractivity contribution in [2.45, 2.75) is 13.0 Å². The SMILES string of the molecule is COCCN(c1cccc(F)n1)C(C)COC. The number of nitrogens with zero attached hydrogens (tertiary/aromatic N) is 2. The first-order chi connectivity index (χ1) is 8.19. The third kappa shape index (κ3) is 4.28. The molecule has 1 unspecified atom stereocenters. The van der Waals surface area contributed by atoms with Crippen molar-refractivity contribution in [3.05, 3.63) is 24.1 Å². The maximum absolute atomic E-state index is 13.1. The molecule has 0 bridgehead atoms. The molecule has 1 atom stereocenters. The largest absolute Gasteiger partial charge is 0.383 e. The quantitative estimate of drug-likeness (QED) is 0.682. The fraction of sp³-hybridized carbons (Fsp3) is 0.583. The van der Waals surface area contributed by atoms with Gasteiger partial charge in [0.15, 0.2) is 0 Å². The van der Waals surface area contributed by atoms with E-state index in [1.54, 1.807) is 26.4 Å². The van der Waals surface area contributed by atoms with Gasteiger partial charge in [-0.25, -0.2) is 4.98 Å². The van der Waals surface area contributed by atoms with E-state index in [1.165, 1.54) is 6.07 Å². The van der Waals surface area contributed by atoms with Crippen LogP contribution in [-0.4, -0.2) is 45.0 Å². The maximum Gasteiger partial charge on any atom is 0.214 e. The van der Waals surface area contributed by atoms with Gasteiger partial charge in [0.05, 0.1) is 19.3 Å². The van der Waals surface area contributed by atoms with E-state index in [0.29, 0.717) is 25.6 Å². The summed E-state index contributed by atoms with van der Waals surface area (Å²) in [4.78, 5) is 5.85. The molecule has 1 aromatic rings. The number of pyridine rings is 1. The standard InChI is InChI=1S/C12H19FN2O2/c1-10(9-17-3)15(7-8-16-2)12-6-4-5-11(13)14-12/h4-6,10H,7-9H2,1-3H3. The first-order valence-corrected chi connectivity index (χ1v) is 5.56. The molecule has 0 aliphatic carbocycles. The van der Waals surface area contributed by atoms with E-state index >= 15 is 0 Å². The van der Waals surface area contributed by atoms with E-state index in [2.05, 4.69) is 4.98 Å². The highest BCUT2D eigenvalue weighted by Gasteiger charge is 2.15. The lowest BCUT2D eigenvalue weighted by Crippen LogP contribution is -2.39. The van der Waals surface area contributed by atoms with Gasteiger partial charge in [0.25, 0.3) is 0 Å². The summed E-state index contributed by atoms with van der Waals surface area (Å²) >= 11 is 0. The second kappa shape index (κ2) is 7.19. The minimum atomic E-state index is -0.477. The predicted octanol–water partition coefficient (Wildman–Crippen LogP) is 1.71. The van der Waals surface area contributed by atoms with Gasteiger partial charge >= 0.3 is 0 Å². The maximum atomic E-state index is 13.1. The van der Waals surface area contributed by atoms with Crippen molar-refractivity contribution >= 4 is 5.82 Å². The number of halogens is 1. The lowest BCUT2D eigenvalue weighted by molar-refractivity contribution is 0.170. The van der Waals surface area contributed by atoms with Crippen LogP contribution in [0.1, 0.15) is 6.92 Å². The highest BCUT2D eigenvalue weighted by Crippen LogP contribution is 2.14. The highest BCUT2D eigenvalue weighted by atomic mass is 19.1. The lowest BCUT2D eigenvalue weighted by Gasteiger charge is -2.29. The van der Waals surface area contributed by atoms with Gasteiger partial charge in [0.2, 0.25) is 5.95 Å². The van der Waals surface area contributed by atoms with Crippen LogP contribution in [0.25, 0.3) is 0 Å². The third-order valence-corrected chi connectivity index (χ3v) is 2.47. The van der Waals surface area contributed by atoms with Crippen LogP contribution in [0.5, 0.6) is 0 Å². The molecule has 4 nitrogen and oxygen atoms in total. The average molecular weight is 242 g/mol. The van der Waals surface area contributed by atoms with Crippen LogP contribution >= 0.6 is 0 Å². The first-order valence-electron chi connectivity index (χ1n) is 5.56. The number of anilines is 1. The average Bonchev–Trinajstić information content (AvgIpc) is 2.30. The topological polar surface area (TPSA) is 34.6 Å². The van der Waals surface area contributed by atoms with Crippen LogP contribution in [0.15, 0.2) is 18.2 Å². The molecule has 0 radical (unpaired) electrons. The van der Waals surface area contributed by atoms with E-state index in [0.717, 1.165) is 0 Å². The smallest absolute Gasteiger partial charge is 0.214 e. The minimum Gasteiger partial charge on any atom is -0.383 e. The summed E-state index contributed by atoms with van der Waals surface area (Å²) in [6.45, 7) is 3.78. The summed E-state index contributed by atoms with van der Waals surface area (Å²) in [5, 5.41) is 0. The molecular formula is C12H19FN2O2. The molecule has 0 aromatic carbocycles. The van der Waals surface area contributed by atoms with Crippen LogP contribution in [0.2, 0.25) is 0 Å². The monoisotopic (exact) mass is 242 g/mol. The van der Waals surface area contributed by atoms with E-state index < -0.39 is 5.95 Å². The van der Waals surface area contributed by atoms with Gasteiger partial charge in [0, 0.05) is 20.8 Å². The third-order valence-electron chi connectivity index (χ3n) is 2.47. The number of rotatable bonds is 7. The summed E-state index contributed by atoms with van der Waals surface area (Å²) in [5.41, 5.74) is 0. The number of ether oxygens (including phenoxy) is 2. The molecule has 1 heterocycles. The molecule has 0 N–H and O–H groups in total. The van der Waals surface area contributed by atoms with Crippen LogP contribution in [0, 0.1) is 5.95 Å². The van der Waals surface area contributed by atoms with Gasteiger partial charge < -0.3 is 14.4 Å². The Morgan fingerprint density at radius 1 is 1.35 bits per heavy atom. The van der Waals surface area contributed by atoms with Crippen molar-refractivity contribution in [2.24, 2.45) is 0 Å². The lowest BCUT2D eigenvalue weighted by atomic mass is 10.3. The summed E-state index contributed by atoms with van der Waals surface area (Å²) < 4.78 is 23.3. The van der Waals surface area contributed by atoms with Gasteiger partial charge in [-0.15, -0.1) is 0 Å². The first kappa shape index (κ1) is 13.9. The van der Waals surface area contributed by atoms with Crippen LogP contribution in [0.3, 0.4) is 0 Å². The van der Waals surface area contributed by atoms with Gasteiger partial charge in [-0.1, -0.05) is 6.07 Å². The molecule has 5 heteroatoms. The number of hydrogen-bond donors (Lipinski definition) is 0. The Labute approximate surface area is 101 Å². The molecule has 1 aromatic heterocycles. The molecule has 1 rings (SSSR count). The number of methoxy groups -OCH3 is 2. The summed E-state index contributed by atoms with van der Waals surface area (Å²) in [7, 11) is 3.28. The minimum absolute atomic E-state index is 0.115. The number of hydrogen-bond acceptors (Lipinski definition) is 4. The second-order valence-electron chi connectivity index (χ2n) is 3.81. The second-order valence-corrected chi connectivity index (χ2v) is 3.81. The Morgan fingerprint density at radius 2 is 2.12 bits per heavy atom. The van der Waals surface area contributed by atoms with Crippen molar-refractivity contribution < 1.29 is 13.9 Å². The molecule has 0 fully saturated rings. The van der Waals surface area contributed by atoms with Crippen molar-refractivity contribution in [1.29, 1.82) is 0 Å². The molecular weight excluding hydrogens is 223 g/mol. The van der Waals surface area contributed by atoms with Gasteiger partial charge in [0.1, 0.15) is 5.82 Å². The van der Waals surface area contributed by atoms with Crippen LogP contribution < -0.4 is 4.90 Å². The Balaban J connectivity index is 2.81. The Hall–Kier alpha value is -1.20. The zero-order chi connectivity index (χ0) is 12.7. The molecule has 96 valence electrons. The zero-order valence-electron chi connectivity index (χ0n) is 10.5. The van der Waals surface area contributed by atoms with Crippen LogP contribution in [0.4, 0.5) is 10.2 Å². The fourth-order valence-electron chi connectivity index (χ4n) is 1.64. The highest BCUT2D eigenvalue weighted by molar-refractivity contribution is 5.39. The molecule has 17 heavy (non-hydrogen) atoms. The molecule has 0 amide bonds. The van der Waals surface area contributed by atoms with Crippen molar-refractivity contribution in [3.8, 4) is 0 Å². The van der Waals surface area contributed by atoms with E-state index in [9.17, 15) is 4.39 Å². The van der Waals surface area contributed by atoms with Crippen molar-refractivity contribution in [2.75, 3.05) is 38.9 Å². The van der Waals surface area contributed by atoms with Gasteiger partial charge in [-0.2, -0.15) is 4.39 Å². The normalized spacial score (nSPS) is 12.5. The number of aromatic nitrogens is 1. The molecule has 0 aliphatic heterocycles. The summed E-state index contributed by atoms with van der Waals surface area (Å²) in [6, 6.07) is 4.88. The fourth-order valence-corrected chi connectivity index (χ4v) is 1.64. The van der Waals surface area contributed by atoms with Gasteiger partial charge in [-0.3, -0.25) is 0 Å². The van der Waals surface area contributed by atoms with Gasteiger partial charge in [-0.05, 0) is 19.1 Å².